The van der Waals surface area contributed by atoms with Gasteiger partial charge in [0.15, 0.2) is 12.6 Å². The summed E-state index contributed by atoms with van der Waals surface area (Å²) >= 11 is 0. The number of aromatic nitrogens is 3. The topological polar surface area (TPSA) is 105 Å². The molecule has 1 fully saturated rings. The molecule has 3 N–H and O–H groups in total. The molecule has 1 aliphatic carbocycles. The fourth-order valence-corrected chi connectivity index (χ4v) is 2.98. The fourth-order valence-electron chi connectivity index (χ4n) is 2.98. The highest BCUT2D eigenvalue weighted by Crippen LogP contribution is 2.18. The van der Waals surface area contributed by atoms with Gasteiger partial charge < -0.3 is 25.3 Å². The Bertz CT molecular complexity index is 828. The highest BCUT2D eigenvalue weighted by Gasteiger charge is 2.23. The molecule has 3 rings (SSSR count). The van der Waals surface area contributed by atoms with Crippen LogP contribution in [-0.4, -0.2) is 59.4 Å². The zero-order valence-corrected chi connectivity index (χ0v) is 17.7. The number of carbonyl (C=O) groups excluding carboxylic acids is 1. The number of ether oxygens (including phenoxy) is 1. The van der Waals surface area contributed by atoms with E-state index in [9.17, 15) is 4.79 Å². The lowest BCUT2D eigenvalue weighted by Gasteiger charge is -2.13. The van der Waals surface area contributed by atoms with Crippen molar-refractivity contribution in [1.82, 2.24) is 30.7 Å². The maximum absolute atomic E-state index is 11.7. The Labute approximate surface area is 177 Å². The summed E-state index contributed by atoms with van der Waals surface area (Å²) in [7, 11) is 1.76. The van der Waals surface area contributed by atoms with Crippen LogP contribution < -0.4 is 20.7 Å². The Morgan fingerprint density at radius 1 is 1.23 bits per heavy atom. The van der Waals surface area contributed by atoms with Gasteiger partial charge >= 0.3 is 0 Å². The standard InChI is InChI=1S/C21H31N7O2/c1-3-19-27-25-15-28(19)13-12-24-21(22-2)23-11-10-16-4-8-18(9-5-16)30-14-20(29)26-17-6-7-17/h4-5,8-9,15,17H,3,6-7,10-14H2,1-2H3,(H,26,29)(H2,22,23,24). The first kappa shape index (κ1) is 21.6. The molecule has 0 unspecified atom stereocenters. The van der Waals surface area contributed by atoms with Crippen molar-refractivity contribution in [1.29, 1.82) is 0 Å². The molecule has 0 bridgehead atoms. The van der Waals surface area contributed by atoms with Crippen LogP contribution >= 0.6 is 0 Å². The average molecular weight is 414 g/mol. The van der Waals surface area contributed by atoms with Gasteiger partial charge in [0, 0.05) is 39.1 Å². The minimum Gasteiger partial charge on any atom is -0.484 e. The normalized spacial score (nSPS) is 13.7. The number of rotatable bonds is 11. The number of hydrogen-bond acceptors (Lipinski definition) is 5. The molecule has 1 saturated carbocycles. The minimum atomic E-state index is -0.0557. The van der Waals surface area contributed by atoms with Crippen LogP contribution in [0.15, 0.2) is 35.6 Å². The number of nitrogens with zero attached hydrogens (tertiary/aromatic N) is 4. The van der Waals surface area contributed by atoms with Gasteiger partial charge in [-0.2, -0.15) is 0 Å². The summed E-state index contributed by atoms with van der Waals surface area (Å²) in [6, 6.07) is 8.20. The Balaban J connectivity index is 1.32. The fraction of sp³-hybridized carbons (Fsp3) is 0.524. The molecule has 1 aromatic carbocycles. The summed E-state index contributed by atoms with van der Waals surface area (Å²) in [6.07, 6.45) is 5.63. The van der Waals surface area contributed by atoms with Crippen LogP contribution in [0.25, 0.3) is 0 Å². The number of carbonyl (C=O) groups is 1. The molecule has 0 saturated heterocycles. The predicted molar refractivity (Wildman–Crippen MR) is 116 cm³/mol. The molecule has 162 valence electrons. The van der Waals surface area contributed by atoms with E-state index in [0.29, 0.717) is 11.8 Å². The number of benzene rings is 1. The van der Waals surface area contributed by atoms with Gasteiger partial charge in [-0.3, -0.25) is 9.79 Å². The van der Waals surface area contributed by atoms with Crippen LogP contribution in [0, 0.1) is 0 Å². The van der Waals surface area contributed by atoms with Gasteiger partial charge in [0.05, 0.1) is 0 Å². The Kier molecular flexibility index (Phi) is 8.05. The molecule has 2 aromatic rings. The molecule has 0 aliphatic heterocycles. The van der Waals surface area contributed by atoms with Gasteiger partial charge in [-0.05, 0) is 37.0 Å². The summed E-state index contributed by atoms with van der Waals surface area (Å²) in [5.74, 6) is 2.40. The van der Waals surface area contributed by atoms with Crippen molar-refractivity contribution >= 4 is 11.9 Å². The second kappa shape index (κ2) is 11.2. The van der Waals surface area contributed by atoms with Gasteiger partial charge in [-0.15, -0.1) is 10.2 Å². The van der Waals surface area contributed by atoms with Crippen molar-refractivity contribution in [2.45, 2.75) is 45.2 Å². The molecule has 0 radical (unpaired) electrons. The van der Waals surface area contributed by atoms with E-state index in [0.717, 1.165) is 57.1 Å². The number of nitrogens with one attached hydrogen (secondary N) is 3. The molecular formula is C21H31N7O2. The summed E-state index contributed by atoms with van der Waals surface area (Å²) < 4.78 is 7.58. The second-order valence-electron chi connectivity index (χ2n) is 7.24. The number of hydrogen-bond donors (Lipinski definition) is 3. The lowest BCUT2D eigenvalue weighted by Crippen LogP contribution is -2.39. The lowest BCUT2D eigenvalue weighted by molar-refractivity contribution is -0.123. The van der Waals surface area contributed by atoms with E-state index in [-0.39, 0.29) is 12.5 Å². The van der Waals surface area contributed by atoms with E-state index in [1.807, 2.05) is 28.8 Å². The highest BCUT2D eigenvalue weighted by molar-refractivity contribution is 5.79. The second-order valence-corrected chi connectivity index (χ2v) is 7.24. The van der Waals surface area contributed by atoms with Gasteiger partial charge in [-0.1, -0.05) is 19.1 Å². The van der Waals surface area contributed by atoms with Crippen molar-refractivity contribution in [3.8, 4) is 5.75 Å². The van der Waals surface area contributed by atoms with E-state index in [4.69, 9.17) is 4.74 Å². The van der Waals surface area contributed by atoms with Crippen LogP contribution in [0.2, 0.25) is 0 Å². The summed E-state index contributed by atoms with van der Waals surface area (Å²) in [6.45, 7) is 4.42. The lowest BCUT2D eigenvalue weighted by atomic mass is 10.1. The van der Waals surface area contributed by atoms with Crippen LogP contribution in [-0.2, 0) is 24.2 Å². The quantitative estimate of drug-likeness (QED) is 0.374. The van der Waals surface area contributed by atoms with E-state index < -0.39 is 0 Å². The van der Waals surface area contributed by atoms with Crippen molar-refractivity contribution < 1.29 is 9.53 Å². The van der Waals surface area contributed by atoms with Crippen LogP contribution in [0.1, 0.15) is 31.2 Å². The minimum absolute atomic E-state index is 0.0557. The van der Waals surface area contributed by atoms with Crippen molar-refractivity contribution in [3.05, 3.63) is 42.0 Å². The summed E-state index contributed by atoms with van der Waals surface area (Å²) in [4.78, 5) is 15.9. The third kappa shape index (κ3) is 7.06. The van der Waals surface area contributed by atoms with Crippen LogP contribution in [0.3, 0.4) is 0 Å². The van der Waals surface area contributed by atoms with Crippen LogP contribution in [0.4, 0.5) is 0 Å². The van der Waals surface area contributed by atoms with Crippen molar-refractivity contribution in [2.75, 3.05) is 26.7 Å². The predicted octanol–water partition coefficient (Wildman–Crippen LogP) is 0.906. The Morgan fingerprint density at radius 3 is 2.70 bits per heavy atom. The Morgan fingerprint density at radius 2 is 2.00 bits per heavy atom. The molecule has 9 heteroatoms. The SMILES string of the molecule is CCc1nncn1CCNC(=NC)NCCc1ccc(OCC(=O)NC2CC2)cc1. The number of amides is 1. The maximum Gasteiger partial charge on any atom is 0.258 e. The molecule has 1 heterocycles. The van der Waals surface area contributed by atoms with Crippen molar-refractivity contribution in [2.24, 2.45) is 4.99 Å². The summed E-state index contributed by atoms with van der Waals surface area (Å²) in [5, 5.41) is 17.6. The van der Waals surface area contributed by atoms with E-state index in [1.165, 1.54) is 5.56 Å². The first-order valence-electron chi connectivity index (χ1n) is 10.5. The van der Waals surface area contributed by atoms with Crippen molar-refractivity contribution in [3.63, 3.8) is 0 Å². The zero-order valence-electron chi connectivity index (χ0n) is 17.7. The molecule has 1 aromatic heterocycles. The smallest absolute Gasteiger partial charge is 0.258 e. The number of aryl methyl sites for hydroxylation is 1. The average Bonchev–Trinajstić information content (AvgIpc) is 3.46. The molecule has 1 aliphatic rings. The summed E-state index contributed by atoms with van der Waals surface area (Å²) in [5.41, 5.74) is 1.19. The number of aliphatic imine (C=N–C) groups is 1. The molecule has 9 nitrogen and oxygen atoms in total. The van der Waals surface area contributed by atoms with Crippen LogP contribution in [0.5, 0.6) is 5.75 Å². The largest absolute Gasteiger partial charge is 0.484 e. The van der Waals surface area contributed by atoms with Gasteiger partial charge in [-0.25, -0.2) is 0 Å². The van der Waals surface area contributed by atoms with Gasteiger partial charge in [0.25, 0.3) is 5.91 Å². The Hall–Kier alpha value is -3.10. The molecule has 0 atom stereocenters. The maximum atomic E-state index is 11.7. The van der Waals surface area contributed by atoms with Gasteiger partial charge in [0.1, 0.15) is 17.9 Å². The monoisotopic (exact) mass is 413 g/mol. The first-order valence-corrected chi connectivity index (χ1v) is 10.5. The molecule has 0 spiro atoms. The first-order chi connectivity index (χ1) is 14.7. The zero-order chi connectivity index (χ0) is 21.2. The third-order valence-corrected chi connectivity index (χ3v) is 4.82. The highest BCUT2D eigenvalue weighted by atomic mass is 16.5. The van der Waals surface area contributed by atoms with E-state index in [1.54, 1.807) is 13.4 Å². The third-order valence-electron chi connectivity index (χ3n) is 4.82. The van der Waals surface area contributed by atoms with E-state index >= 15 is 0 Å². The number of guanidine groups is 1. The molecule has 1 amide bonds. The molecular weight excluding hydrogens is 382 g/mol. The van der Waals surface area contributed by atoms with E-state index in [2.05, 4.69) is 38.1 Å². The molecule has 30 heavy (non-hydrogen) atoms. The van der Waals surface area contributed by atoms with Gasteiger partial charge in [0.2, 0.25) is 0 Å².